The summed E-state index contributed by atoms with van der Waals surface area (Å²) in [5, 5.41) is 5.88. The first-order valence-electron chi connectivity index (χ1n) is 7.06. The molecule has 1 saturated heterocycles. The average Bonchev–Trinajstić information content (AvgIpc) is 3.13. The average molecular weight is 302 g/mol. The summed E-state index contributed by atoms with van der Waals surface area (Å²) in [5.41, 5.74) is 0. The molecule has 2 aromatic heterocycles. The van der Waals surface area contributed by atoms with Gasteiger partial charge in [-0.3, -0.25) is 9.80 Å². The predicted molar refractivity (Wildman–Crippen MR) is 81.9 cm³/mol. The minimum Gasteiger partial charge on any atom is -0.338 e. The summed E-state index contributed by atoms with van der Waals surface area (Å²) in [4.78, 5) is 10.1. The topological polar surface area (TPSA) is 45.4 Å². The zero-order valence-electron chi connectivity index (χ0n) is 12.1. The molecule has 0 atom stereocenters. The smallest absolute Gasteiger partial charge is 0.240 e. The predicted octanol–water partition coefficient (Wildman–Crippen LogP) is 1.61. The van der Waals surface area contributed by atoms with Crippen LogP contribution in [0.25, 0.3) is 0 Å². The van der Waals surface area contributed by atoms with Crippen LogP contribution in [0.2, 0.25) is 0 Å². The molecule has 1 aliphatic heterocycles. The van der Waals surface area contributed by atoms with Gasteiger partial charge >= 0.3 is 0 Å². The molecule has 0 aliphatic carbocycles. The highest BCUT2D eigenvalue weighted by Gasteiger charge is 2.18. The molecule has 5 nitrogen and oxygen atoms in total. The summed E-state index contributed by atoms with van der Waals surface area (Å²) in [6, 6.07) is 4.09. The second-order valence-corrected chi connectivity index (χ2v) is 6.01. The lowest BCUT2D eigenvalue weighted by atomic mass is 10.3. The van der Waals surface area contributed by atoms with Gasteiger partial charge in [-0.15, -0.1) is 11.3 Å². The van der Waals surface area contributed by atoms with Gasteiger partial charge in [-0.25, -0.2) is 0 Å². The van der Waals surface area contributed by atoms with Gasteiger partial charge in [0.1, 0.15) is 0 Å². The van der Waals surface area contributed by atoms with E-state index in [0.717, 1.165) is 44.1 Å². The lowest BCUT2D eigenvalue weighted by Gasteiger charge is -2.32. The zero-order valence-corrected chi connectivity index (χ0v) is 12.9. The molecule has 110 valence electrons. The van der Waals surface area contributed by atoms with Gasteiger partial charge in [-0.1, -0.05) is 23.1 Å². The Bertz CT molecular complexity index is 618. The van der Waals surface area contributed by atoms with Gasteiger partial charge in [0.05, 0.1) is 18.0 Å². The molecule has 0 saturated carbocycles. The first-order chi connectivity index (χ1) is 10.3. The molecule has 0 bridgehead atoms. The monoisotopic (exact) mass is 302 g/mol. The minimum absolute atomic E-state index is 0.701. The maximum absolute atomic E-state index is 5.16. The first kappa shape index (κ1) is 14.3. The van der Waals surface area contributed by atoms with Crippen molar-refractivity contribution in [3.63, 3.8) is 0 Å². The lowest BCUT2D eigenvalue weighted by molar-refractivity contribution is 0.126. The molecule has 1 fully saturated rings. The fraction of sp³-hybridized carbons (Fsp3) is 0.467. The second kappa shape index (κ2) is 6.85. The van der Waals surface area contributed by atoms with Crippen LogP contribution in [0, 0.1) is 18.8 Å². The van der Waals surface area contributed by atoms with Crippen LogP contribution in [0.3, 0.4) is 0 Å². The van der Waals surface area contributed by atoms with Gasteiger partial charge in [0.2, 0.25) is 5.89 Å². The molecular weight excluding hydrogens is 284 g/mol. The Morgan fingerprint density at radius 2 is 2.10 bits per heavy atom. The number of thiophene rings is 1. The van der Waals surface area contributed by atoms with Crippen LogP contribution >= 0.6 is 11.3 Å². The number of aromatic nitrogens is 2. The summed E-state index contributed by atoms with van der Waals surface area (Å²) in [7, 11) is 0. The molecule has 3 rings (SSSR count). The number of piperazine rings is 1. The Kier molecular flexibility index (Phi) is 4.65. The van der Waals surface area contributed by atoms with E-state index in [1.54, 1.807) is 11.3 Å². The van der Waals surface area contributed by atoms with E-state index in [2.05, 4.69) is 43.2 Å². The second-order valence-electron chi connectivity index (χ2n) is 5.07. The highest BCUT2D eigenvalue weighted by Crippen LogP contribution is 2.08. The van der Waals surface area contributed by atoms with Gasteiger partial charge in [-0.05, 0) is 18.4 Å². The van der Waals surface area contributed by atoms with Crippen molar-refractivity contribution in [2.24, 2.45) is 0 Å². The minimum atomic E-state index is 0.701. The van der Waals surface area contributed by atoms with Crippen molar-refractivity contribution in [3.05, 3.63) is 34.1 Å². The summed E-state index contributed by atoms with van der Waals surface area (Å²) >= 11 is 1.69. The Morgan fingerprint density at radius 1 is 1.29 bits per heavy atom. The van der Waals surface area contributed by atoms with Gasteiger partial charge in [0.25, 0.3) is 0 Å². The van der Waals surface area contributed by atoms with Crippen molar-refractivity contribution in [1.82, 2.24) is 19.9 Å². The molecule has 0 radical (unpaired) electrons. The SMILES string of the molecule is Cc1noc(CN2CCN(CC#Cc3cccs3)CC2)n1. The summed E-state index contributed by atoms with van der Waals surface area (Å²) < 4.78 is 5.16. The van der Waals surface area contributed by atoms with Crippen molar-refractivity contribution in [1.29, 1.82) is 0 Å². The van der Waals surface area contributed by atoms with Crippen LogP contribution in [0.5, 0.6) is 0 Å². The molecule has 0 N–H and O–H groups in total. The summed E-state index contributed by atoms with van der Waals surface area (Å²) in [6.07, 6.45) is 0. The highest BCUT2D eigenvalue weighted by molar-refractivity contribution is 7.10. The first-order valence-corrected chi connectivity index (χ1v) is 7.94. The molecule has 1 aliphatic rings. The maximum Gasteiger partial charge on any atom is 0.240 e. The molecule has 0 amide bonds. The lowest BCUT2D eigenvalue weighted by Crippen LogP contribution is -2.45. The fourth-order valence-electron chi connectivity index (χ4n) is 2.29. The Balaban J connectivity index is 1.42. The van der Waals surface area contributed by atoms with Crippen LogP contribution in [0.4, 0.5) is 0 Å². The third-order valence-corrected chi connectivity index (χ3v) is 4.21. The maximum atomic E-state index is 5.16. The zero-order chi connectivity index (χ0) is 14.5. The van der Waals surface area contributed by atoms with Gasteiger partial charge in [0.15, 0.2) is 5.82 Å². The van der Waals surface area contributed by atoms with E-state index in [1.165, 1.54) is 0 Å². The number of hydrogen-bond donors (Lipinski definition) is 0. The Labute approximate surface area is 128 Å². The largest absolute Gasteiger partial charge is 0.338 e. The molecule has 6 heteroatoms. The third-order valence-electron chi connectivity index (χ3n) is 3.43. The molecule has 21 heavy (non-hydrogen) atoms. The van der Waals surface area contributed by atoms with Gasteiger partial charge < -0.3 is 4.52 Å². The van der Waals surface area contributed by atoms with Gasteiger partial charge in [0, 0.05) is 26.2 Å². The standard InChI is InChI=1S/C15H18N4OS/c1-13-16-15(20-17-13)12-19-9-7-18(8-10-19)6-2-4-14-5-3-11-21-14/h3,5,11H,6-10,12H2,1H3. The molecule has 0 aromatic carbocycles. The summed E-state index contributed by atoms with van der Waals surface area (Å²) in [5.74, 6) is 7.87. The summed E-state index contributed by atoms with van der Waals surface area (Å²) in [6.45, 7) is 7.53. The molecule has 3 heterocycles. The number of rotatable bonds is 3. The van der Waals surface area contributed by atoms with Crippen molar-refractivity contribution in [3.8, 4) is 11.8 Å². The molecule has 0 spiro atoms. The van der Waals surface area contributed by atoms with Crippen molar-refractivity contribution in [2.45, 2.75) is 13.5 Å². The van der Waals surface area contributed by atoms with Crippen LogP contribution in [0.1, 0.15) is 16.6 Å². The van der Waals surface area contributed by atoms with E-state index in [1.807, 2.05) is 13.0 Å². The molecular formula is C15H18N4OS. The third kappa shape index (κ3) is 4.14. The van der Waals surface area contributed by atoms with E-state index in [9.17, 15) is 0 Å². The molecule has 2 aromatic rings. The van der Waals surface area contributed by atoms with E-state index < -0.39 is 0 Å². The normalized spacial score (nSPS) is 16.6. The van der Waals surface area contributed by atoms with Crippen LogP contribution in [-0.2, 0) is 6.54 Å². The van der Waals surface area contributed by atoms with Crippen molar-refractivity contribution < 1.29 is 4.52 Å². The van der Waals surface area contributed by atoms with E-state index >= 15 is 0 Å². The Morgan fingerprint density at radius 3 is 2.76 bits per heavy atom. The highest BCUT2D eigenvalue weighted by atomic mass is 32.1. The van der Waals surface area contributed by atoms with Crippen LogP contribution < -0.4 is 0 Å². The van der Waals surface area contributed by atoms with E-state index in [-0.39, 0.29) is 0 Å². The van der Waals surface area contributed by atoms with Crippen LogP contribution in [-0.4, -0.2) is 52.7 Å². The number of hydrogen-bond acceptors (Lipinski definition) is 6. The van der Waals surface area contributed by atoms with E-state index in [4.69, 9.17) is 4.52 Å². The van der Waals surface area contributed by atoms with Crippen molar-refractivity contribution in [2.75, 3.05) is 32.7 Å². The Hall–Kier alpha value is -1.68. The van der Waals surface area contributed by atoms with Crippen molar-refractivity contribution >= 4 is 11.3 Å². The fourth-order valence-corrected chi connectivity index (χ4v) is 2.88. The number of nitrogens with zero attached hydrogens (tertiary/aromatic N) is 4. The molecule has 0 unspecified atom stereocenters. The van der Waals surface area contributed by atoms with E-state index in [0.29, 0.717) is 11.7 Å². The quantitative estimate of drug-likeness (QED) is 0.806. The van der Waals surface area contributed by atoms with Crippen LogP contribution in [0.15, 0.2) is 22.0 Å². The van der Waals surface area contributed by atoms with Gasteiger partial charge in [-0.2, -0.15) is 4.98 Å². The number of aryl methyl sites for hydroxylation is 1.